The van der Waals surface area contributed by atoms with Gasteiger partial charge in [-0.2, -0.15) is 0 Å². The number of rotatable bonds is 6. The lowest BCUT2D eigenvalue weighted by Crippen LogP contribution is -2.19. The number of allylic oxidation sites excluding steroid dienone is 1. The van der Waals surface area contributed by atoms with Gasteiger partial charge in [-0.05, 0) is 43.8 Å². The fraction of sp³-hybridized carbons (Fsp3) is 0.286. The van der Waals surface area contributed by atoms with E-state index in [1.807, 2.05) is 37.4 Å². The van der Waals surface area contributed by atoms with Crippen LogP contribution in [0.2, 0.25) is 0 Å². The molecular formula is C21H24ClNO3. The van der Waals surface area contributed by atoms with E-state index in [9.17, 15) is 9.90 Å². The predicted octanol–water partition coefficient (Wildman–Crippen LogP) is 4.66. The highest BCUT2D eigenvalue weighted by atomic mass is 35.5. The van der Waals surface area contributed by atoms with Gasteiger partial charge >= 0.3 is 0 Å². The van der Waals surface area contributed by atoms with Crippen LogP contribution in [0.25, 0.3) is 6.08 Å². The SMILES string of the molecule is CCCCN(C)Cc1c(O)ccc2c1O/C(=C\c1ccccc1)C2=O.Cl. The second-order valence-electron chi connectivity index (χ2n) is 6.38. The summed E-state index contributed by atoms with van der Waals surface area (Å²) >= 11 is 0. The number of benzene rings is 2. The summed E-state index contributed by atoms with van der Waals surface area (Å²) < 4.78 is 5.87. The number of phenols is 1. The molecule has 0 saturated carbocycles. The van der Waals surface area contributed by atoms with Crippen molar-refractivity contribution in [3.63, 3.8) is 0 Å². The van der Waals surface area contributed by atoms with Crippen LogP contribution in [-0.4, -0.2) is 29.4 Å². The van der Waals surface area contributed by atoms with Gasteiger partial charge in [0.15, 0.2) is 5.76 Å². The van der Waals surface area contributed by atoms with Crippen LogP contribution in [0.1, 0.15) is 41.3 Å². The van der Waals surface area contributed by atoms with Gasteiger partial charge in [0.05, 0.1) is 11.1 Å². The fourth-order valence-corrected chi connectivity index (χ4v) is 2.93. The summed E-state index contributed by atoms with van der Waals surface area (Å²) in [6.45, 7) is 3.62. The number of carbonyl (C=O) groups is 1. The first-order valence-corrected chi connectivity index (χ1v) is 8.63. The van der Waals surface area contributed by atoms with Gasteiger partial charge in [-0.25, -0.2) is 0 Å². The zero-order chi connectivity index (χ0) is 17.8. The maximum absolute atomic E-state index is 12.6. The third-order valence-electron chi connectivity index (χ3n) is 4.33. The smallest absolute Gasteiger partial charge is 0.231 e. The predicted molar refractivity (Wildman–Crippen MR) is 106 cm³/mol. The number of nitrogens with zero attached hydrogens (tertiary/aromatic N) is 1. The van der Waals surface area contributed by atoms with Crippen molar-refractivity contribution in [2.45, 2.75) is 26.3 Å². The van der Waals surface area contributed by atoms with E-state index in [4.69, 9.17) is 4.74 Å². The van der Waals surface area contributed by atoms with Gasteiger partial charge in [0, 0.05) is 6.54 Å². The average Bonchev–Trinajstić information content (AvgIpc) is 2.93. The average molecular weight is 374 g/mol. The van der Waals surface area contributed by atoms with Crippen molar-refractivity contribution in [2.75, 3.05) is 13.6 Å². The molecule has 1 aliphatic rings. The zero-order valence-corrected chi connectivity index (χ0v) is 15.9. The summed E-state index contributed by atoms with van der Waals surface area (Å²) in [7, 11) is 2.01. The summed E-state index contributed by atoms with van der Waals surface area (Å²) in [6.07, 6.45) is 3.94. The molecule has 5 heteroatoms. The fourth-order valence-electron chi connectivity index (χ4n) is 2.93. The molecule has 2 aromatic carbocycles. The molecule has 0 radical (unpaired) electrons. The molecule has 2 aromatic rings. The molecule has 1 aliphatic heterocycles. The van der Waals surface area contributed by atoms with Crippen LogP contribution in [0.3, 0.4) is 0 Å². The largest absolute Gasteiger partial charge is 0.507 e. The lowest BCUT2D eigenvalue weighted by molar-refractivity contribution is 0.101. The van der Waals surface area contributed by atoms with Gasteiger partial charge < -0.3 is 14.7 Å². The number of hydrogen-bond acceptors (Lipinski definition) is 4. The van der Waals surface area contributed by atoms with Gasteiger partial charge in [0.1, 0.15) is 11.5 Å². The van der Waals surface area contributed by atoms with Crippen molar-refractivity contribution >= 4 is 24.3 Å². The van der Waals surface area contributed by atoms with Crippen molar-refractivity contribution < 1.29 is 14.6 Å². The number of aromatic hydroxyl groups is 1. The number of halogens is 1. The quantitative estimate of drug-likeness (QED) is 0.748. The first-order chi connectivity index (χ1) is 12.1. The molecule has 4 nitrogen and oxygen atoms in total. The number of ketones is 1. The first kappa shape index (κ1) is 20.0. The molecule has 0 saturated heterocycles. The van der Waals surface area contributed by atoms with Gasteiger partial charge in [0.2, 0.25) is 5.78 Å². The molecule has 1 heterocycles. The molecule has 138 valence electrons. The molecule has 0 unspecified atom stereocenters. The number of hydrogen-bond donors (Lipinski definition) is 1. The van der Waals surface area contributed by atoms with Gasteiger partial charge in [-0.3, -0.25) is 4.79 Å². The van der Waals surface area contributed by atoms with Crippen molar-refractivity contribution in [1.82, 2.24) is 4.90 Å². The minimum Gasteiger partial charge on any atom is -0.507 e. The van der Waals surface area contributed by atoms with Crippen molar-refractivity contribution in [3.8, 4) is 11.5 Å². The molecule has 0 aromatic heterocycles. The number of ether oxygens (including phenoxy) is 1. The Balaban J connectivity index is 0.00000243. The molecule has 0 atom stereocenters. The van der Waals surface area contributed by atoms with E-state index in [2.05, 4.69) is 11.8 Å². The molecule has 1 N–H and O–H groups in total. The Bertz CT molecular complexity index is 802. The number of carbonyl (C=O) groups excluding carboxylic acids is 1. The Kier molecular flexibility index (Phi) is 6.83. The van der Waals surface area contributed by atoms with Crippen molar-refractivity contribution in [3.05, 3.63) is 64.9 Å². The molecule has 3 rings (SSSR count). The second-order valence-corrected chi connectivity index (χ2v) is 6.38. The van der Waals surface area contributed by atoms with Crippen molar-refractivity contribution in [1.29, 1.82) is 0 Å². The normalized spacial score (nSPS) is 14.3. The highest BCUT2D eigenvalue weighted by Gasteiger charge is 2.31. The standard InChI is InChI=1S/C21H23NO3.ClH/c1-3-4-12-22(2)14-17-18(23)11-10-16-20(24)19(25-21(16)17)13-15-8-6-5-7-9-15;/h5-11,13,23H,3-4,12,14H2,1-2H3;1H/b19-13-;. The van der Waals surface area contributed by atoms with E-state index in [-0.39, 0.29) is 23.9 Å². The molecular weight excluding hydrogens is 350 g/mol. The van der Waals surface area contributed by atoms with E-state index in [1.54, 1.807) is 18.2 Å². The molecule has 0 bridgehead atoms. The minimum atomic E-state index is -0.142. The number of Topliss-reactive ketones (excluding diaryl/α,β-unsaturated/α-hetero) is 1. The Morgan fingerprint density at radius 1 is 1.15 bits per heavy atom. The third kappa shape index (κ3) is 4.26. The van der Waals surface area contributed by atoms with Crippen molar-refractivity contribution in [2.24, 2.45) is 0 Å². The number of phenolic OH excluding ortho intramolecular Hbond substituents is 1. The van der Waals surface area contributed by atoms with E-state index < -0.39 is 0 Å². The van der Waals surface area contributed by atoms with E-state index in [1.165, 1.54) is 0 Å². The monoisotopic (exact) mass is 373 g/mol. The lowest BCUT2D eigenvalue weighted by Gasteiger charge is -2.18. The minimum absolute atomic E-state index is 0. The molecule has 0 spiro atoms. The van der Waals surface area contributed by atoms with E-state index >= 15 is 0 Å². The van der Waals surface area contributed by atoms with Crippen LogP contribution in [0, 0.1) is 0 Å². The molecule has 0 amide bonds. The zero-order valence-electron chi connectivity index (χ0n) is 15.1. The molecule has 26 heavy (non-hydrogen) atoms. The highest BCUT2D eigenvalue weighted by molar-refractivity contribution is 6.15. The molecule has 0 aliphatic carbocycles. The summed E-state index contributed by atoms with van der Waals surface area (Å²) in [5, 5.41) is 10.3. The van der Waals surface area contributed by atoms with Crippen LogP contribution in [-0.2, 0) is 6.54 Å². The lowest BCUT2D eigenvalue weighted by atomic mass is 10.0. The van der Waals surface area contributed by atoms with Crippen LogP contribution >= 0.6 is 12.4 Å². The molecule has 0 fully saturated rings. The Morgan fingerprint density at radius 2 is 1.88 bits per heavy atom. The summed E-state index contributed by atoms with van der Waals surface area (Å²) in [5.74, 6) is 0.798. The van der Waals surface area contributed by atoms with Gasteiger partial charge in [-0.15, -0.1) is 12.4 Å². The van der Waals surface area contributed by atoms with Crippen LogP contribution in [0.4, 0.5) is 0 Å². The topological polar surface area (TPSA) is 49.8 Å². The highest BCUT2D eigenvalue weighted by Crippen LogP contribution is 2.40. The Morgan fingerprint density at radius 3 is 2.58 bits per heavy atom. The number of unbranched alkanes of at least 4 members (excludes halogenated alkanes) is 1. The first-order valence-electron chi connectivity index (χ1n) is 8.63. The second kappa shape index (κ2) is 8.88. The summed E-state index contributed by atoms with van der Waals surface area (Å²) in [4.78, 5) is 14.8. The van der Waals surface area contributed by atoms with E-state index in [0.717, 1.165) is 24.9 Å². The van der Waals surface area contributed by atoms with Crippen LogP contribution < -0.4 is 4.74 Å². The maximum Gasteiger partial charge on any atom is 0.231 e. The van der Waals surface area contributed by atoms with E-state index in [0.29, 0.717) is 29.2 Å². The van der Waals surface area contributed by atoms with Gasteiger partial charge in [0.25, 0.3) is 0 Å². The maximum atomic E-state index is 12.6. The summed E-state index contributed by atoms with van der Waals surface area (Å²) in [5.41, 5.74) is 2.09. The number of fused-ring (bicyclic) bond motifs is 1. The third-order valence-corrected chi connectivity index (χ3v) is 4.33. The Labute approximate surface area is 160 Å². The Hall–Kier alpha value is -2.30. The van der Waals surface area contributed by atoms with Crippen LogP contribution in [0.5, 0.6) is 11.5 Å². The summed E-state index contributed by atoms with van der Waals surface area (Å²) in [6, 6.07) is 12.8. The van der Waals surface area contributed by atoms with Crippen LogP contribution in [0.15, 0.2) is 48.2 Å². The van der Waals surface area contributed by atoms with Gasteiger partial charge in [-0.1, -0.05) is 43.7 Å².